The lowest BCUT2D eigenvalue weighted by atomic mass is 10.3. The van der Waals surface area contributed by atoms with Gasteiger partial charge in [-0.25, -0.2) is 4.98 Å². The molecule has 20 heavy (non-hydrogen) atoms. The van der Waals surface area contributed by atoms with Crippen molar-refractivity contribution in [2.75, 3.05) is 6.54 Å². The van der Waals surface area contributed by atoms with Crippen LogP contribution in [0.25, 0.3) is 0 Å². The minimum atomic E-state index is -0.0996. The maximum Gasteiger partial charge on any atom is 0.254 e. The van der Waals surface area contributed by atoms with Crippen LogP contribution in [0.15, 0.2) is 18.6 Å². The number of hydrogen-bond donors (Lipinski definition) is 1. The van der Waals surface area contributed by atoms with Gasteiger partial charge in [0, 0.05) is 44.1 Å². The first kappa shape index (κ1) is 14.3. The number of aromatic nitrogens is 4. The van der Waals surface area contributed by atoms with E-state index in [1.54, 1.807) is 24.1 Å². The largest absolute Gasteiger partial charge is 0.351 e. The van der Waals surface area contributed by atoms with E-state index in [2.05, 4.69) is 33.8 Å². The third-order valence-electron chi connectivity index (χ3n) is 3.18. The number of nitrogens with one attached hydrogen (secondary N) is 1. The average Bonchev–Trinajstić information content (AvgIpc) is 2.96. The zero-order chi connectivity index (χ0) is 14.7. The molecule has 0 spiro atoms. The Morgan fingerprint density at radius 2 is 2.15 bits per heavy atom. The summed E-state index contributed by atoms with van der Waals surface area (Å²) in [5, 5.41) is 6.87. The SMILES string of the molecule is Cc1cnc(CCNC(=O)c2cnn(C)c2)n1C(C)C. The molecule has 0 aliphatic heterocycles. The number of carbonyl (C=O) groups is 1. The fourth-order valence-electron chi connectivity index (χ4n) is 2.31. The van der Waals surface area contributed by atoms with Crippen LogP contribution in [0.3, 0.4) is 0 Å². The predicted octanol–water partition coefficient (Wildman–Crippen LogP) is 1.48. The Hall–Kier alpha value is -2.11. The third-order valence-corrected chi connectivity index (χ3v) is 3.18. The molecule has 2 heterocycles. The van der Waals surface area contributed by atoms with Crippen LogP contribution in [0.2, 0.25) is 0 Å². The molecule has 0 atom stereocenters. The summed E-state index contributed by atoms with van der Waals surface area (Å²) in [5.74, 6) is 0.904. The topological polar surface area (TPSA) is 64.7 Å². The molecule has 1 amide bonds. The van der Waals surface area contributed by atoms with Gasteiger partial charge in [0.15, 0.2) is 0 Å². The molecule has 0 saturated heterocycles. The van der Waals surface area contributed by atoms with Gasteiger partial charge in [0.25, 0.3) is 5.91 Å². The minimum absolute atomic E-state index is 0.0996. The zero-order valence-corrected chi connectivity index (χ0v) is 12.4. The third kappa shape index (κ3) is 3.07. The van der Waals surface area contributed by atoms with Gasteiger partial charge in [0.2, 0.25) is 0 Å². The minimum Gasteiger partial charge on any atom is -0.351 e. The van der Waals surface area contributed by atoms with Crippen LogP contribution < -0.4 is 5.32 Å². The van der Waals surface area contributed by atoms with Gasteiger partial charge in [-0.05, 0) is 20.8 Å². The summed E-state index contributed by atoms with van der Waals surface area (Å²) in [6, 6.07) is 0.376. The van der Waals surface area contributed by atoms with Crippen LogP contribution in [0, 0.1) is 6.92 Å². The van der Waals surface area contributed by atoms with E-state index in [9.17, 15) is 4.79 Å². The molecule has 0 bridgehead atoms. The fourth-order valence-corrected chi connectivity index (χ4v) is 2.31. The van der Waals surface area contributed by atoms with Crippen molar-refractivity contribution < 1.29 is 4.79 Å². The second-order valence-corrected chi connectivity index (χ2v) is 5.19. The Bertz CT molecular complexity index is 596. The lowest BCUT2D eigenvalue weighted by Gasteiger charge is -2.14. The van der Waals surface area contributed by atoms with E-state index in [4.69, 9.17) is 0 Å². The molecule has 1 N–H and O–H groups in total. The Morgan fingerprint density at radius 3 is 2.75 bits per heavy atom. The lowest BCUT2D eigenvalue weighted by molar-refractivity contribution is 0.0954. The van der Waals surface area contributed by atoms with E-state index in [0.717, 1.165) is 17.9 Å². The molecule has 6 nitrogen and oxygen atoms in total. The summed E-state index contributed by atoms with van der Waals surface area (Å²) < 4.78 is 3.81. The molecule has 0 radical (unpaired) electrons. The normalized spacial score (nSPS) is 11.1. The van der Waals surface area contributed by atoms with Crippen molar-refractivity contribution in [3.63, 3.8) is 0 Å². The van der Waals surface area contributed by atoms with Gasteiger partial charge in [0.05, 0.1) is 11.8 Å². The van der Waals surface area contributed by atoms with Crippen molar-refractivity contribution >= 4 is 5.91 Å². The fraction of sp³-hybridized carbons (Fsp3) is 0.500. The maximum atomic E-state index is 11.9. The number of nitrogens with zero attached hydrogens (tertiary/aromatic N) is 4. The number of aryl methyl sites for hydroxylation is 2. The first-order valence-electron chi connectivity index (χ1n) is 6.78. The number of rotatable bonds is 5. The van der Waals surface area contributed by atoms with E-state index in [1.165, 1.54) is 0 Å². The summed E-state index contributed by atoms with van der Waals surface area (Å²) in [6.45, 7) is 6.88. The highest BCUT2D eigenvalue weighted by Crippen LogP contribution is 2.13. The molecule has 0 saturated carbocycles. The number of imidazole rings is 1. The van der Waals surface area contributed by atoms with Gasteiger partial charge in [0.1, 0.15) is 5.82 Å². The van der Waals surface area contributed by atoms with E-state index < -0.39 is 0 Å². The average molecular weight is 275 g/mol. The summed E-state index contributed by atoms with van der Waals surface area (Å²) in [7, 11) is 1.79. The summed E-state index contributed by atoms with van der Waals surface area (Å²) in [6.07, 6.45) is 5.86. The van der Waals surface area contributed by atoms with Crippen LogP contribution in [0.1, 0.15) is 41.8 Å². The Kier molecular flexibility index (Phi) is 4.22. The Labute approximate surface area is 118 Å². The monoisotopic (exact) mass is 275 g/mol. The zero-order valence-electron chi connectivity index (χ0n) is 12.4. The highest BCUT2D eigenvalue weighted by Gasteiger charge is 2.11. The standard InChI is InChI=1S/C14H21N5O/c1-10(2)19-11(3)7-16-13(19)5-6-15-14(20)12-8-17-18(4)9-12/h7-10H,5-6H2,1-4H3,(H,15,20). The molecule has 0 aliphatic rings. The van der Waals surface area contributed by atoms with Crippen LogP contribution in [-0.4, -0.2) is 31.8 Å². The number of hydrogen-bond acceptors (Lipinski definition) is 3. The summed E-state index contributed by atoms with van der Waals surface area (Å²) in [5.41, 5.74) is 1.73. The van der Waals surface area contributed by atoms with Crippen LogP contribution in [0.4, 0.5) is 0 Å². The molecule has 0 fully saturated rings. The van der Waals surface area contributed by atoms with Gasteiger partial charge < -0.3 is 9.88 Å². The molecule has 2 aromatic heterocycles. The smallest absolute Gasteiger partial charge is 0.254 e. The second kappa shape index (κ2) is 5.90. The predicted molar refractivity (Wildman–Crippen MR) is 76.6 cm³/mol. The van der Waals surface area contributed by atoms with Crippen molar-refractivity contribution in [3.8, 4) is 0 Å². The van der Waals surface area contributed by atoms with Gasteiger partial charge in [-0.2, -0.15) is 5.10 Å². The molecule has 108 valence electrons. The first-order chi connectivity index (χ1) is 9.49. The van der Waals surface area contributed by atoms with Crippen molar-refractivity contribution in [2.45, 2.75) is 33.2 Å². The van der Waals surface area contributed by atoms with Crippen LogP contribution >= 0.6 is 0 Å². The summed E-state index contributed by atoms with van der Waals surface area (Å²) in [4.78, 5) is 16.3. The quantitative estimate of drug-likeness (QED) is 0.899. The second-order valence-electron chi connectivity index (χ2n) is 5.19. The molecular formula is C14H21N5O. The molecule has 0 unspecified atom stereocenters. The molecule has 6 heteroatoms. The van der Waals surface area contributed by atoms with Crippen LogP contribution in [0.5, 0.6) is 0 Å². The van der Waals surface area contributed by atoms with E-state index >= 15 is 0 Å². The molecule has 0 aliphatic carbocycles. The van der Waals surface area contributed by atoms with Crippen molar-refractivity contribution in [1.29, 1.82) is 0 Å². The van der Waals surface area contributed by atoms with E-state index in [1.807, 2.05) is 13.1 Å². The highest BCUT2D eigenvalue weighted by molar-refractivity contribution is 5.93. The number of carbonyl (C=O) groups excluding carboxylic acids is 1. The van der Waals surface area contributed by atoms with Gasteiger partial charge in [-0.1, -0.05) is 0 Å². The van der Waals surface area contributed by atoms with Crippen LogP contribution in [-0.2, 0) is 13.5 Å². The van der Waals surface area contributed by atoms with Crippen molar-refractivity contribution in [3.05, 3.63) is 35.7 Å². The molecule has 2 rings (SSSR count). The molecular weight excluding hydrogens is 254 g/mol. The maximum absolute atomic E-state index is 11.9. The Morgan fingerprint density at radius 1 is 1.40 bits per heavy atom. The van der Waals surface area contributed by atoms with Gasteiger partial charge in [-0.15, -0.1) is 0 Å². The van der Waals surface area contributed by atoms with Crippen molar-refractivity contribution in [2.24, 2.45) is 7.05 Å². The van der Waals surface area contributed by atoms with E-state index in [0.29, 0.717) is 18.2 Å². The van der Waals surface area contributed by atoms with Gasteiger partial charge >= 0.3 is 0 Å². The van der Waals surface area contributed by atoms with E-state index in [-0.39, 0.29) is 5.91 Å². The highest BCUT2D eigenvalue weighted by atomic mass is 16.1. The van der Waals surface area contributed by atoms with Crippen molar-refractivity contribution in [1.82, 2.24) is 24.6 Å². The molecule has 2 aromatic rings. The number of amides is 1. The first-order valence-corrected chi connectivity index (χ1v) is 6.78. The van der Waals surface area contributed by atoms with Gasteiger partial charge in [-0.3, -0.25) is 9.48 Å². The Balaban J connectivity index is 1.92. The lowest BCUT2D eigenvalue weighted by Crippen LogP contribution is -2.26. The summed E-state index contributed by atoms with van der Waals surface area (Å²) >= 11 is 0. The molecule has 0 aromatic carbocycles.